The lowest BCUT2D eigenvalue weighted by Gasteiger charge is -2.22. The van der Waals surface area contributed by atoms with Gasteiger partial charge >= 0.3 is 0 Å². The van der Waals surface area contributed by atoms with Crippen molar-refractivity contribution in [3.05, 3.63) is 45.2 Å². The van der Waals surface area contributed by atoms with E-state index in [1.165, 1.54) is 0 Å². The second-order valence-electron chi connectivity index (χ2n) is 7.65. The molecule has 0 aliphatic rings. The van der Waals surface area contributed by atoms with Crippen LogP contribution in [-0.2, 0) is 5.41 Å². The minimum atomic E-state index is -1.92. The summed E-state index contributed by atoms with van der Waals surface area (Å²) < 4.78 is 5.87. The molecule has 2 aromatic rings. The average Bonchev–Trinajstić information content (AvgIpc) is 2.40. The zero-order valence-electron chi connectivity index (χ0n) is 14.5. The van der Waals surface area contributed by atoms with Crippen LogP contribution in [0.4, 0.5) is 0 Å². The Balaban J connectivity index is 2.54. The average molecular weight is 351 g/mol. The Morgan fingerprint density at radius 2 is 1.78 bits per heavy atom. The summed E-state index contributed by atoms with van der Waals surface area (Å²) in [5.74, 6) is 0.686. The molecule has 23 heavy (non-hydrogen) atoms. The monoisotopic (exact) mass is 350 g/mol. The van der Waals surface area contributed by atoms with Gasteiger partial charge in [0.25, 0.3) is 5.88 Å². The van der Waals surface area contributed by atoms with Gasteiger partial charge in [-0.15, -0.1) is 5.10 Å². The molecule has 0 saturated carbocycles. The van der Waals surface area contributed by atoms with Gasteiger partial charge in [0.2, 0.25) is 5.43 Å². The number of halogens is 1. The van der Waals surface area contributed by atoms with Crippen LogP contribution in [0.1, 0.15) is 26.3 Å². The molecule has 0 radical (unpaired) electrons. The van der Waals surface area contributed by atoms with Gasteiger partial charge in [-0.05, 0) is 11.5 Å². The number of hydrogen-bond donors (Lipinski definition) is 1. The van der Waals surface area contributed by atoms with E-state index in [4.69, 9.17) is 16.3 Å². The van der Waals surface area contributed by atoms with Crippen LogP contribution in [0.15, 0.2) is 29.1 Å². The number of hydrogen-bond acceptors (Lipinski definition) is 3. The Labute approximate surface area is 142 Å². The topological polar surface area (TPSA) is 55.0 Å². The van der Waals surface area contributed by atoms with Gasteiger partial charge in [0.05, 0.1) is 8.07 Å². The number of benzene rings is 1. The molecule has 0 fully saturated rings. The number of H-pyrrole nitrogens is 1. The largest absolute Gasteiger partial charge is 0.434 e. The molecular formula is C17H23ClN2O2Si. The molecule has 0 unspecified atom stereocenters. The van der Waals surface area contributed by atoms with E-state index < -0.39 is 8.07 Å². The maximum Gasteiger partial charge on any atom is 0.285 e. The summed E-state index contributed by atoms with van der Waals surface area (Å²) >= 11 is 6.15. The summed E-state index contributed by atoms with van der Waals surface area (Å²) in [5.41, 5.74) is 0.694. The lowest BCUT2D eigenvalue weighted by molar-refractivity contribution is 0.430. The number of ether oxygens (including phenoxy) is 1. The molecule has 6 heteroatoms. The number of aromatic amines is 1. The first-order chi connectivity index (χ1) is 10.5. The minimum absolute atomic E-state index is 0.0449. The van der Waals surface area contributed by atoms with Crippen molar-refractivity contribution in [1.82, 2.24) is 10.2 Å². The van der Waals surface area contributed by atoms with Crippen molar-refractivity contribution < 1.29 is 4.74 Å². The van der Waals surface area contributed by atoms with Crippen molar-refractivity contribution in [3.63, 3.8) is 0 Å². The quantitative estimate of drug-likeness (QED) is 0.849. The highest BCUT2D eigenvalue weighted by Gasteiger charge is 2.27. The van der Waals surface area contributed by atoms with Crippen molar-refractivity contribution >= 4 is 24.9 Å². The third-order valence-corrected chi connectivity index (χ3v) is 5.96. The maximum atomic E-state index is 12.7. The van der Waals surface area contributed by atoms with Gasteiger partial charge in [0.15, 0.2) is 0 Å². The molecular weight excluding hydrogens is 328 g/mol. The summed E-state index contributed by atoms with van der Waals surface area (Å²) in [5, 5.41) is 7.64. The van der Waals surface area contributed by atoms with E-state index in [0.29, 0.717) is 16.1 Å². The van der Waals surface area contributed by atoms with Crippen LogP contribution < -0.4 is 15.4 Å². The first-order valence-corrected chi connectivity index (χ1v) is 11.5. The van der Waals surface area contributed by atoms with Gasteiger partial charge in [-0.25, -0.2) is 0 Å². The number of nitrogens with one attached hydrogen (secondary N) is 1. The lowest BCUT2D eigenvalue weighted by atomic mass is 9.86. The molecule has 0 atom stereocenters. The van der Waals surface area contributed by atoms with Crippen LogP contribution >= 0.6 is 11.6 Å². The lowest BCUT2D eigenvalue weighted by Crippen LogP contribution is -2.48. The van der Waals surface area contributed by atoms with E-state index in [2.05, 4.69) is 50.6 Å². The highest BCUT2D eigenvalue weighted by Crippen LogP contribution is 2.32. The Morgan fingerprint density at radius 1 is 1.17 bits per heavy atom. The standard InChI is InChI=1S/C17H23ClN2O2Si/c1-17(2,3)11-9-7-8-10-12(11)22-16-13(21)14(23(4,5)6)15(18)19-20-16/h7-10H,1-6H3,(H,19,21). The second-order valence-corrected chi connectivity index (χ2v) is 13.0. The fourth-order valence-electron chi connectivity index (χ4n) is 2.43. The van der Waals surface area contributed by atoms with Crippen molar-refractivity contribution in [3.8, 4) is 11.6 Å². The summed E-state index contributed by atoms with van der Waals surface area (Å²) in [7, 11) is -1.92. The molecule has 1 heterocycles. The van der Waals surface area contributed by atoms with Gasteiger partial charge < -0.3 is 4.74 Å². The van der Waals surface area contributed by atoms with Gasteiger partial charge in [0.1, 0.15) is 10.9 Å². The van der Waals surface area contributed by atoms with Gasteiger partial charge in [0, 0.05) is 10.8 Å². The van der Waals surface area contributed by atoms with Crippen molar-refractivity contribution in [2.75, 3.05) is 0 Å². The van der Waals surface area contributed by atoms with E-state index in [-0.39, 0.29) is 16.7 Å². The normalized spacial score (nSPS) is 12.3. The Kier molecular flexibility index (Phi) is 4.73. The number of aromatic nitrogens is 2. The highest BCUT2D eigenvalue weighted by atomic mass is 35.5. The predicted molar refractivity (Wildman–Crippen MR) is 98.1 cm³/mol. The summed E-state index contributed by atoms with van der Waals surface area (Å²) in [6.07, 6.45) is 0. The van der Waals surface area contributed by atoms with E-state index in [9.17, 15) is 4.79 Å². The maximum absolute atomic E-state index is 12.7. The predicted octanol–water partition coefficient (Wildman–Crippen LogP) is 4.06. The fourth-order valence-corrected chi connectivity index (χ4v) is 4.91. The van der Waals surface area contributed by atoms with Crippen molar-refractivity contribution in [2.24, 2.45) is 0 Å². The molecule has 0 bridgehead atoms. The van der Waals surface area contributed by atoms with Crippen molar-refractivity contribution in [2.45, 2.75) is 45.8 Å². The summed E-state index contributed by atoms with van der Waals surface area (Å²) in [6.45, 7) is 12.5. The van der Waals surface area contributed by atoms with E-state index in [0.717, 1.165) is 5.56 Å². The Hall–Kier alpha value is -1.59. The molecule has 1 aromatic carbocycles. The van der Waals surface area contributed by atoms with Crippen LogP contribution in [0, 0.1) is 0 Å². The SMILES string of the molecule is CC(C)(C)c1ccccc1Oc1n[nH]c(Cl)c([Si](C)(C)C)c1=O. The smallest absolute Gasteiger partial charge is 0.285 e. The van der Waals surface area contributed by atoms with Gasteiger partial charge in [-0.1, -0.05) is 70.2 Å². The molecule has 0 spiro atoms. The summed E-state index contributed by atoms with van der Waals surface area (Å²) in [6, 6.07) is 7.69. The van der Waals surface area contributed by atoms with Crippen LogP contribution in [0.3, 0.4) is 0 Å². The highest BCUT2D eigenvalue weighted by molar-refractivity contribution is 6.90. The van der Waals surface area contributed by atoms with Crippen LogP contribution in [0.2, 0.25) is 24.8 Å². The summed E-state index contributed by atoms with van der Waals surface area (Å²) in [4.78, 5) is 12.7. The third-order valence-electron chi connectivity index (χ3n) is 3.55. The minimum Gasteiger partial charge on any atom is -0.434 e. The van der Waals surface area contributed by atoms with E-state index in [1.54, 1.807) is 0 Å². The van der Waals surface area contributed by atoms with E-state index in [1.807, 2.05) is 24.3 Å². The Bertz CT molecular complexity index is 773. The zero-order valence-corrected chi connectivity index (χ0v) is 16.2. The van der Waals surface area contributed by atoms with E-state index >= 15 is 0 Å². The second kappa shape index (κ2) is 6.13. The molecule has 0 saturated heterocycles. The molecule has 0 aliphatic heterocycles. The molecule has 1 aromatic heterocycles. The van der Waals surface area contributed by atoms with Gasteiger partial charge in [-0.3, -0.25) is 9.89 Å². The van der Waals surface area contributed by atoms with Crippen LogP contribution in [-0.4, -0.2) is 18.3 Å². The molecule has 4 nitrogen and oxygen atoms in total. The Morgan fingerprint density at radius 3 is 2.35 bits per heavy atom. The third kappa shape index (κ3) is 3.84. The molecule has 124 valence electrons. The van der Waals surface area contributed by atoms with Crippen LogP contribution in [0.25, 0.3) is 0 Å². The fraction of sp³-hybridized carbons (Fsp3) is 0.412. The van der Waals surface area contributed by atoms with Crippen molar-refractivity contribution in [1.29, 1.82) is 0 Å². The molecule has 0 aliphatic carbocycles. The molecule has 1 N–H and O–H groups in total. The van der Waals surface area contributed by atoms with Gasteiger partial charge in [-0.2, -0.15) is 0 Å². The number of para-hydroxylation sites is 1. The zero-order chi connectivity index (χ0) is 17.4. The number of rotatable bonds is 3. The molecule has 2 rings (SSSR count). The molecule has 0 amide bonds. The first kappa shape index (κ1) is 17.8. The van der Waals surface area contributed by atoms with Crippen LogP contribution in [0.5, 0.6) is 11.6 Å². The first-order valence-electron chi connectivity index (χ1n) is 7.58. The number of nitrogens with zero attached hydrogens (tertiary/aromatic N) is 1.